The van der Waals surface area contributed by atoms with E-state index in [1.54, 1.807) is 18.6 Å². The molecule has 1 aromatic carbocycles. The molecule has 1 amide bonds. The quantitative estimate of drug-likeness (QED) is 0.759. The first-order valence-electron chi connectivity index (χ1n) is 7.63. The monoisotopic (exact) mass is 317 g/mol. The Bertz CT molecular complexity index is 938. The summed E-state index contributed by atoms with van der Waals surface area (Å²) >= 11 is 0. The predicted octanol–water partition coefficient (Wildman–Crippen LogP) is 3.09. The largest absolute Gasteiger partial charge is 0.324 e. The minimum Gasteiger partial charge on any atom is -0.324 e. The molecule has 6 nitrogen and oxygen atoms in total. The molecule has 3 heterocycles. The second kappa shape index (κ2) is 5.73. The molecule has 1 aliphatic heterocycles. The average molecular weight is 317 g/mol. The highest BCUT2D eigenvalue weighted by atomic mass is 16.1. The van der Waals surface area contributed by atoms with Gasteiger partial charge in [0.2, 0.25) is 11.9 Å². The third-order valence-corrected chi connectivity index (χ3v) is 3.96. The zero-order chi connectivity index (χ0) is 16.5. The number of aromatic nitrogens is 3. The summed E-state index contributed by atoms with van der Waals surface area (Å²) in [5.74, 6) is 0.409. The maximum atomic E-state index is 12.0. The number of benzene rings is 1. The van der Waals surface area contributed by atoms with Gasteiger partial charge in [0.25, 0.3) is 0 Å². The molecular weight excluding hydrogens is 302 g/mol. The molecule has 118 valence electrons. The minimum absolute atomic E-state index is 0.0915. The van der Waals surface area contributed by atoms with Crippen molar-refractivity contribution in [2.75, 3.05) is 10.6 Å². The van der Waals surface area contributed by atoms with Crippen molar-refractivity contribution in [3.63, 3.8) is 0 Å². The van der Waals surface area contributed by atoms with Gasteiger partial charge in [-0.1, -0.05) is 18.2 Å². The number of hydrogen-bond acceptors (Lipinski definition) is 5. The number of para-hydroxylation sites is 1. The fourth-order valence-corrected chi connectivity index (χ4v) is 2.73. The highest BCUT2D eigenvalue weighted by Gasteiger charge is 2.21. The van der Waals surface area contributed by atoms with Gasteiger partial charge in [0.1, 0.15) is 0 Å². The summed E-state index contributed by atoms with van der Waals surface area (Å²) in [7, 11) is 0. The number of fused-ring (bicyclic) bond motifs is 3. The van der Waals surface area contributed by atoms with E-state index < -0.39 is 0 Å². The maximum Gasteiger partial charge on any atom is 0.228 e. The van der Waals surface area contributed by atoms with Gasteiger partial charge in [-0.2, -0.15) is 0 Å². The lowest BCUT2D eigenvalue weighted by molar-refractivity contribution is -0.115. The molecule has 3 aromatic rings. The van der Waals surface area contributed by atoms with Crippen LogP contribution in [-0.2, 0) is 11.2 Å². The molecule has 4 rings (SSSR count). The van der Waals surface area contributed by atoms with Crippen molar-refractivity contribution in [3.8, 4) is 11.3 Å². The summed E-state index contributed by atoms with van der Waals surface area (Å²) in [4.78, 5) is 25.1. The molecule has 2 N–H and O–H groups in total. The van der Waals surface area contributed by atoms with Gasteiger partial charge in [-0.25, -0.2) is 9.97 Å². The van der Waals surface area contributed by atoms with Crippen LogP contribution in [0.3, 0.4) is 0 Å². The van der Waals surface area contributed by atoms with Crippen molar-refractivity contribution in [2.45, 2.75) is 13.3 Å². The topological polar surface area (TPSA) is 79.8 Å². The van der Waals surface area contributed by atoms with Gasteiger partial charge in [0.15, 0.2) is 0 Å². The van der Waals surface area contributed by atoms with Gasteiger partial charge in [0.05, 0.1) is 24.0 Å². The number of aryl methyl sites for hydroxylation is 1. The van der Waals surface area contributed by atoms with Gasteiger partial charge in [0, 0.05) is 29.2 Å². The molecule has 0 saturated heterocycles. The fraction of sp³-hybridized carbons (Fsp3) is 0.111. The first kappa shape index (κ1) is 14.3. The molecule has 0 bridgehead atoms. The Kier molecular flexibility index (Phi) is 3.42. The molecule has 0 atom stereocenters. The molecule has 0 unspecified atom stereocenters. The Morgan fingerprint density at radius 1 is 1.17 bits per heavy atom. The van der Waals surface area contributed by atoms with Crippen LogP contribution in [0.5, 0.6) is 0 Å². The number of anilines is 3. The molecule has 0 fully saturated rings. The van der Waals surface area contributed by atoms with Gasteiger partial charge >= 0.3 is 0 Å². The number of nitrogens with zero attached hydrogens (tertiary/aromatic N) is 3. The van der Waals surface area contributed by atoms with Crippen LogP contribution in [0.25, 0.3) is 11.3 Å². The highest BCUT2D eigenvalue weighted by molar-refractivity contribution is 5.99. The van der Waals surface area contributed by atoms with Crippen LogP contribution in [0.15, 0.2) is 48.9 Å². The molecule has 0 aliphatic carbocycles. The lowest BCUT2D eigenvalue weighted by Gasteiger charge is -2.11. The van der Waals surface area contributed by atoms with Gasteiger partial charge in [-0.15, -0.1) is 0 Å². The molecule has 2 aromatic heterocycles. The van der Waals surface area contributed by atoms with Crippen LogP contribution in [0.4, 0.5) is 17.3 Å². The predicted molar refractivity (Wildman–Crippen MR) is 92.1 cm³/mol. The van der Waals surface area contributed by atoms with E-state index in [4.69, 9.17) is 0 Å². The van der Waals surface area contributed by atoms with Crippen molar-refractivity contribution >= 4 is 23.2 Å². The number of carbonyl (C=O) groups excluding carboxylic acids is 1. The second-order valence-corrected chi connectivity index (χ2v) is 5.65. The van der Waals surface area contributed by atoms with Gasteiger partial charge in [-0.05, 0) is 24.6 Å². The fourth-order valence-electron chi connectivity index (χ4n) is 2.73. The summed E-state index contributed by atoms with van der Waals surface area (Å²) in [5, 5.41) is 6.10. The van der Waals surface area contributed by atoms with Crippen LogP contribution < -0.4 is 10.6 Å². The van der Waals surface area contributed by atoms with Crippen LogP contribution in [0, 0.1) is 6.92 Å². The Morgan fingerprint density at radius 3 is 2.92 bits per heavy atom. The SMILES string of the molecule is Cc1ccccc1Nc1ncc2c(n1)-c1ccncc1NC(=O)C2. The number of carbonyl (C=O) groups is 1. The standard InChI is InChI=1S/C18H15N5O/c1-11-4-2-3-5-14(11)22-18-20-9-12-8-16(24)21-15-10-19-7-6-13(15)17(12)23-18/h2-7,9-10H,8H2,1H3,(H,21,24)(H,20,22,23). The molecule has 0 radical (unpaired) electrons. The van der Waals surface area contributed by atoms with Crippen LogP contribution in [0.1, 0.15) is 11.1 Å². The van der Waals surface area contributed by atoms with E-state index in [1.165, 1.54) is 0 Å². The van der Waals surface area contributed by atoms with E-state index in [0.29, 0.717) is 11.6 Å². The molecule has 0 saturated carbocycles. The summed E-state index contributed by atoms with van der Waals surface area (Å²) in [6, 6.07) is 9.80. The molecule has 0 spiro atoms. The lowest BCUT2D eigenvalue weighted by Crippen LogP contribution is -2.12. The van der Waals surface area contributed by atoms with E-state index in [1.807, 2.05) is 37.3 Å². The zero-order valence-electron chi connectivity index (χ0n) is 13.1. The van der Waals surface area contributed by atoms with Crippen molar-refractivity contribution in [2.24, 2.45) is 0 Å². The minimum atomic E-state index is -0.0915. The average Bonchev–Trinajstić information content (AvgIpc) is 2.72. The van der Waals surface area contributed by atoms with Crippen molar-refractivity contribution < 1.29 is 4.79 Å². The lowest BCUT2D eigenvalue weighted by atomic mass is 10.1. The first-order valence-corrected chi connectivity index (χ1v) is 7.63. The van der Waals surface area contributed by atoms with Crippen molar-refractivity contribution in [3.05, 3.63) is 60.0 Å². The Morgan fingerprint density at radius 2 is 2.04 bits per heavy atom. The normalized spacial score (nSPS) is 12.6. The Labute approximate surface area is 139 Å². The Hall–Kier alpha value is -3.28. The zero-order valence-corrected chi connectivity index (χ0v) is 13.1. The molecular formula is C18H15N5O. The molecule has 6 heteroatoms. The maximum absolute atomic E-state index is 12.0. The Balaban J connectivity index is 1.79. The number of hydrogen-bond donors (Lipinski definition) is 2. The molecule has 1 aliphatic rings. The first-order chi connectivity index (χ1) is 11.7. The van der Waals surface area contributed by atoms with E-state index in [9.17, 15) is 4.79 Å². The van der Waals surface area contributed by atoms with E-state index in [-0.39, 0.29) is 12.3 Å². The van der Waals surface area contributed by atoms with Gasteiger partial charge < -0.3 is 10.6 Å². The van der Waals surface area contributed by atoms with Crippen LogP contribution >= 0.6 is 0 Å². The summed E-state index contributed by atoms with van der Waals surface area (Å²) in [6.07, 6.45) is 5.28. The number of nitrogens with one attached hydrogen (secondary N) is 2. The van der Waals surface area contributed by atoms with Crippen LogP contribution in [-0.4, -0.2) is 20.9 Å². The summed E-state index contributed by atoms with van der Waals surface area (Å²) in [6.45, 7) is 2.02. The van der Waals surface area contributed by atoms with E-state index >= 15 is 0 Å². The molecule has 24 heavy (non-hydrogen) atoms. The van der Waals surface area contributed by atoms with E-state index in [0.717, 1.165) is 28.1 Å². The smallest absolute Gasteiger partial charge is 0.228 e. The number of amides is 1. The second-order valence-electron chi connectivity index (χ2n) is 5.65. The third kappa shape index (κ3) is 2.58. The summed E-state index contributed by atoms with van der Waals surface area (Å²) in [5.41, 5.74) is 5.13. The van der Waals surface area contributed by atoms with Crippen LogP contribution in [0.2, 0.25) is 0 Å². The van der Waals surface area contributed by atoms with Crippen molar-refractivity contribution in [1.82, 2.24) is 15.0 Å². The van der Waals surface area contributed by atoms with Crippen molar-refractivity contribution in [1.29, 1.82) is 0 Å². The van der Waals surface area contributed by atoms with Gasteiger partial charge in [-0.3, -0.25) is 9.78 Å². The summed E-state index contributed by atoms with van der Waals surface area (Å²) < 4.78 is 0. The third-order valence-electron chi connectivity index (χ3n) is 3.96. The number of rotatable bonds is 2. The number of pyridine rings is 1. The van der Waals surface area contributed by atoms with E-state index in [2.05, 4.69) is 25.6 Å². The highest BCUT2D eigenvalue weighted by Crippen LogP contribution is 2.32.